The molecular weight excluding hydrogens is 372 g/mol. The van der Waals surface area contributed by atoms with Crippen LogP contribution in [0.15, 0.2) is 39.1 Å². The summed E-state index contributed by atoms with van der Waals surface area (Å²) in [7, 11) is 1.35. The summed E-state index contributed by atoms with van der Waals surface area (Å²) < 4.78 is 11.8. The molecule has 0 radical (unpaired) electrons. The number of rotatable bonds is 6. The second-order valence-corrected chi connectivity index (χ2v) is 8.03. The van der Waals surface area contributed by atoms with E-state index in [-0.39, 0.29) is 11.5 Å². The molecule has 2 heterocycles. The van der Waals surface area contributed by atoms with Crippen molar-refractivity contribution in [1.82, 2.24) is 9.55 Å². The van der Waals surface area contributed by atoms with E-state index in [1.165, 1.54) is 30.6 Å². The molecule has 0 fully saturated rings. The highest BCUT2D eigenvalue weighted by molar-refractivity contribution is 8.00. The normalized spacial score (nSPS) is 14.0. The number of hydrogen-bond donors (Lipinski definition) is 0. The van der Waals surface area contributed by atoms with Crippen LogP contribution < -0.4 is 10.3 Å². The van der Waals surface area contributed by atoms with Crippen molar-refractivity contribution >= 4 is 29.5 Å². The van der Waals surface area contributed by atoms with Crippen molar-refractivity contribution in [2.24, 2.45) is 0 Å². The van der Waals surface area contributed by atoms with Crippen molar-refractivity contribution < 1.29 is 14.3 Å². The number of aryl methyl sites for hydroxylation is 1. The summed E-state index contributed by atoms with van der Waals surface area (Å²) in [5, 5.41) is 0.0336. The smallest absolute Gasteiger partial charge is 0.318 e. The van der Waals surface area contributed by atoms with Gasteiger partial charge in [0.1, 0.15) is 11.0 Å². The lowest BCUT2D eigenvalue weighted by Gasteiger charge is -2.16. The second-order valence-electron chi connectivity index (χ2n) is 5.62. The van der Waals surface area contributed by atoms with Crippen molar-refractivity contribution in [1.29, 1.82) is 0 Å². The molecule has 26 heavy (non-hydrogen) atoms. The number of ether oxygens (including phenoxy) is 2. The van der Waals surface area contributed by atoms with Crippen molar-refractivity contribution in [3.63, 3.8) is 0 Å². The molecule has 0 unspecified atom stereocenters. The van der Waals surface area contributed by atoms with E-state index in [9.17, 15) is 9.59 Å². The van der Waals surface area contributed by atoms with Crippen LogP contribution in [0.5, 0.6) is 5.75 Å². The molecule has 6 nitrogen and oxygen atoms in total. The molecule has 1 aromatic carbocycles. The lowest BCUT2D eigenvalue weighted by atomic mass is 10.3. The summed E-state index contributed by atoms with van der Waals surface area (Å²) in [6.07, 6.45) is 0.763. The first-order chi connectivity index (χ1) is 12.5. The Morgan fingerprint density at radius 3 is 2.77 bits per heavy atom. The van der Waals surface area contributed by atoms with Gasteiger partial charge in [0.05, 0.1) is 30.0 Å². The van der Waals surface area contributed by atoms with Crippen LogP contribution in [0.2, 0.25) is 0 Å². The maximum Gasteiger partial charge on any atom is 0.318 e. The Bertz CT molecular complexity index is 865. The lowest BCUT2D eigenvalue weighted by molar-refractivity contribution is -0.139. The van der Waals surface area contributed by atoms with Crippen LogP contribution in [-0.4, -0.2) is 40.2 Å². The fraction of sp³-hybridized carbons (Fsp3) is 0.389. The van der Waals surface area contributed by atoms with E-state index in [0.29, 0.717) is 22.3 Å². The van der Waals surface area contributed by atoms with E-state index in [0.717, 1.165) is 23.6 Å². The summed E-state index contributed by atoms with van der Waals surface area (Å²) in [4.78, 5) is 30.2. The molecule has 138 valence electrons. The molecule has 0 amide bonds. The van der Waals surface area contributed by atoms with E-state index in [2.05, 4.69) is 4.98 Å². The molecular formula is C18H20N2O4S2. The van der Waals surface area contributed by atoms with Gasteiger partial charge in [-0.05, 0) is 38.1 Å². The molecule has 0 saturated carbocycles. The molecule has 8 heteroatoms. The minimum absolute atomic E-state index is 0.0961. The first kappa shape index (κ1) is 18.8. The molecule has 0 aliphatic carbocycles. The average Bonchev–Trinajstić information content (AvgIpc) is 3.11. The second kappa shape index (κ2) is 8.18. The van der Waals surface area contributed by atoms with Gasteiger partial charge in [-0.25, -0.2) is 4.98 Å². The number of aromatic nitrogens is 2. The van der Waals surface area contributed by atoms with E-state index in [1.807, 2.05) is 31.2 Å². The quantitative estimate of drug-likeness (QED) is 0.425. The third-order valence-electron chi connectivity index (χ3n) is 3.89. The number of methoxy groups -OCH3 is 1. The van der Waals surface area contributed by atoms with Crippen molar-refractivity contribution in [2.75, 3.05) is 19.5 Å². The Balaban J connectivity index is 2.07. The van der Waals surface area contributed by atoms with Gasteiger partial charge in [0.25, 0.3) is 5.56 Å². The largest absolute Gasteiger partial charge is 0.494 e. The summed E-state index contributed by atoms with van der Waals surface area (Å²) in [6, 6.07) is 7.30. The average molecular weight is 393 g/mol. The van der Waals surface area contributed by atoms with Crippen LogP contribution in [0.4, 0.5) is 0 Å². The van der Waals surface area contributed by atoms with E-state index < -0.39 is 5.25 Å². The number of hydrogen-bond acceptors (Lipinski definition) is 7. The zero-order chi connectivity index (χ0) is 18.7. The molecule has 0 N–H and O–H groups in total. The SMILES string of the molecule is CCOc1ccc(-n2c(S[C@@H](C)C(=O)OC)nc3c(c2=O)SCC3)cc1. The monoisotopic (exact) mass is 392 g/mol. The molecule has 0 spiro atoms. The summed E-state index contributed by atoms with van der Waals surface area (Å²) in [5.41, 5.74) is 1.41. The van der Waals surface area contributed by atoms with Crippen molar-refractivity contribution in [3.8, 4) is 11.4 Å². The Morgan fingerprint density at radius 2 is 2.12 bits per heavy atom. The fourth-order valence-electron chi connectivity index (χ4n) is 2.63. The van der Waals surface area contributed by atoms with Gasteiger partial charge in [-0.1, -0.05) is 11.8 Å². The Morgan fingerprint density at radius 1 is 1.38 bits per heavy atom. The summed E-state index contributed by atoms with van der Waals surface area (Å²) >= 11 is 2.76. The highest BCUT2D eigenvalue weighted by atomic mass is 32.2. The lowest BCUT2D eigenvalue weighted by Crippen LogP contribution is -2.25. The Kier molecular flexibility index (Phi) is 5.93. The topological polar surface area (TPSA) is 70.4 Å². The number of nitrogens with zero attached hydrogens (tertiary/aromatic N) is 2. The fourth-order valence-corrected chi connectivity index (χ4v) is 4.62. The van der Waals surface area contributed by atoms with Gasteiger partial charge in [0.15, 0.2) is 5.16 Å². The minimum atomic E-state index is -0.465. The highest BCUT2D eigenvalue weighted by Crippen LogP contribution is 2.31. The van der Waals surface area contributed by atoms with Gasteiger partial charge in [-0.3, -0.25) is 14.2 Å². The molecule has 1 aliphatic rings. The van der Waals surface area contributed by atoms with Gasteiger partial charge in [0.2, 0.25) is 0 Å². The third-order valence-corrected chi connectivity index (χ3v) is 6.03. The van der Waals surface area contributed by atoms with Crippen LogP contribution in [0.1, 0.15) is 19.5 Å². The molecule has 1 atom stereocenters. The van der Waals surface area contributed by atoms with Crippen LogP contribution in [-0.2, 0) is 16.0 Å². The maximum absolute atomic E-state index is 13.1. The first-order valence-electron chi connectivity index (χ1n) is 8.31. The van der Waals surface area contributed by atoms with Crippen LogP contribution in [0, 0.1) is 0 Å². The highest BCUT2D eigenvalue weighted by Gasteiger charge is 2.25. The third kappa shape index (κ3) is 3.76. The number of esters is 1. The number of carbonyl (C=O) groups excluding carboxylic acids is 1. The van der Waals surface area contributed by atoms with E-state index in [4.69, 9.17) is 9.47 Å². The van der Waals surface area contributed by atoms with Gasteiger partial charge < -0.3 is 9.47 Å². The van der Waals surface area contributed by atoms with Crippen LogP contribution >= 0.6 is 23.5 Å². The first-order valence-corrected chi connectivity index (χ1v) is 10.2. The minimum Gasteiger partial charge on any atom is -0.494 e. The molecule has 3 rings (SSSR count). The molecule has 1 aliphatic heterocycles. The van der Waals surface area contributed by atoms with Gasteiger partial charge >= 0.3 is 5.97 Å². The molecule has 2 aromatic rings. The Hall–Kier alpha value is -1.93. The van der Waals surface area contributed by atoms with Gasteiger partial charge in [-0.15, -0.1) is 11.8 Å². The van der Waals surface area contributed by atoms with Crippen LogP contribution in [0.3, 0.4) is 0 Å². The van der Waals surface area contributed by atoms with Crippen LogP contribution in [0.25, 0.3) is 5.69 Å². The van der Waals surface area contributed by atoms with E-state index >= 15 is 0 Å². The predicted molar refractivity (Wildman–Crippen MR) is 103 cm³/mol. The number of carbonyl (C=O) groups is 1. The molecule has 1 aromatic heterocycles. The summed E-state index contributed by atoms with van der Waals surface area (Å²) in [6.45, 7) is 4.24. The van der Waals surface area contributed by atoms with Gasteiger partial charge in [-0.2, -0.15) is 0 Å². The number of thioether (sulfide) groups is 2. The zero-order valence-electron chi connectivity index (χ0n) is 14.9. The van der Waals surface area contributed by atoms with Crippen molar-refractivity contribution in [3.05, 3.63) is 40.3 Å². The maximum atomic E-state index is 13.1. The number of benzene rings is 1. The van der Waals surface area contributed by atoms with E-state index in [1.54, 1.807) is 11.5 Å². The zero-order valence-corrected chi connectivity index (χ0v) is 16.5. The summed E-state index contributed by atoms with van der Waals surface area (Å²) in [5.74, 6) is 1.24. The Labute approximate surface area is 160 Å². The van der Waals surface area contributed by atoms with Gasteiger partial charge in [0, 0.05) is 12.2 Å². The number of fused-ring (bicyclic) bond motifs is 1. The standard InChI is InChI=1S/C18H20N2O4S2/c1-4-24-13-7-5-12(6-8-13)20-16(21)15-14(9-10-25-15)19-18(20)26-11(2)17(22)23-3/h5-8,11H,4,9-10H2,1-3H3/t11-/m0/s1. The predicted octanol–water partition coefficient (Wildman–Crippen LogP) is 2.93. The van der Waals surface area contributed by atoms with Crippen molar-refractivity contribution in [2.45, 2.75) is 35.6 Å². The molecule has 0 saturated heterocycles. The molecule has 0 bridgehead atoms.